The van der Waals surface area contributed by atoms with E-state index in [-0.39, 0.29) is 25.4 Å². The van der Waals surface area contributed by atoms with E-state index >= 15 is 0 Å². The number of aliphatic hydroxyl groups excluding tert-OH is 2. The zero-order valence-electron chi connectivity index (χ0n) is 31.7. The number of carboxylic acids is 1. The van der Waals surface area contributed by atoms with Gasteiger partial charge in [-0.3, -0.25) is 10.1 Å². The molecular formula is C44H47ClN4O7. The molecule has 56 heavy (non-hydrogen) atoms. The standard InChI is InChI=1S/C44H47ClN4O7/c1-28-34(7-5-10-39(28)54-18-6-15-49-16-13-33(51)14-17-49)35-8-4-9-37-36(35)11-12-40(37)56-42-23-41(55-26-30-19-29(24-46)20-32(21-30)47-3)31(22-38(42)45)25-48-44(2,27-50)43(52)53/h4-5,7-10,19-23,33,40,48,50-51H,6,11-18,25-27H2,1-2H3,(H,52,53)/t40-,44-/m0/s1. The second-order valence-corrected chi connectivity index (χ2v) is 15.1. The van der Waals surface area contributed by atoms with Crippen LogP contribution in [0.5, 0.6) is 17.2 Å². The number of piperidine rings is 1. The zero-order chi connectivity index (χ0) is 39.8. The number of ether oxygens (including phenoxy) is 3. The predicted octanol–water partition coefficient (Wildman–Crippen LogP) is 7.53. The summed E-state index contributed by atoms with van der Waals surface area (Å²) >= 11 is 6.85. The Morgan fingerprint density at radius 2 is 1.82 bits per heavy atom. The van der Waals surface area contributed by atoms with Crippen molar-refractivity contribution in [1.29, 1.82) is 5.26 Å². The van der Waals surface area contributed by atoms with Crippen LogP contribution in [0.3, 0.4) is 0 Å². The number of hydrogen-bond acceptors (Lipinski definition) is 9. The van der Waals surface area contributed by atoms with Gasteiger partial charge in [0.2, 0.25) is 0 Å². The number of hydrogen-bond donors (Lipinski definition) is 4. The van der Waals surface area contributed by atoms with Gasteiger partial charge in [0.1, 0.15) is 35.5 Å². The minimum absolute atomic E-state index is 0.00539. The number of benzene rings is 4. The number of aliphatic hydroxyl groups is 2. The Bertz CT molecular complexity index is 2110. The summed E-state index contributed by atoms with van der Waals surface area (Å²) in [6, 6.07) is 22.6. The molecule has 11 nitrogen and oxygen atoms in total. The second kappa shape index (κ2) is 18.2. The van der Waals surface area contributed by atoms with Gasteiger partial charge < -0.3 is 34.4 Å². The third-order valence-corrected chi connectivity index (χ3v) is 11.0. The number of likely N-dealkylation sites (tertiary alicyclic amines) is 1. The Balaban J connectivity index is 1.21. The van der Waals surface area contributed by atoms with E-state index in [0.717, 1.165) is 79.7 Å². The van der Waals surface area contributed by atoms with E-state index in [0.29, 0.717) is 45.5 Å². The first-order chi connectivity index (χ1) is 27.0. The molecule has 6 rings (SSSR count). The van der Waals surface area contributed by atoms with Crippen molar-refractivity contribution >= 4 is 23.3 Å². The molecule has 4 aromatic carbocycles. The summed E-state index contributed by atoms with van der Waals surface area (Å²) in [4.78, 5) is 17.8. The summed E-state index contributed by atoms with van der Waals surface area (Å²) in [5.74, 6) is 0.398. The third-order valence-electron chi connectivity index (χ3n) is 10.7. The topological polar surface area (TPSA) is 149 Å². The van der Waals surface area contributed by atoms with Gasteiger partial charge in [0, 0.05) is 43.4 Å². The molecule has 0 radical (unpaired) electrons. The van der Waals surface area contributed by atoms with Crippen LogP contribution in [0.2, 0.25) is 5.02 Å². The monoisotopic (exact) mass is 778 g/mol. The van der Waals surface area contributed by atoms with Gasteiger partial charge in [-0.15, -0.1) is 0 Å². The Hall–Kier alpha value is -5.14. The normalized spacial score (nSPS) is 16.7. The van der Waals surface area contributed by atoms with Crippen molar-refractivity contribution in [2.45, 2.75) is 76.9 Å². The Kier molecular flexibility index (Phi) is 13.2. The number of halogens is 1. The second-order valence-electron chi connectivity index (χ2n) is 14.7. The lowest BCUT2D eigenvalue weighted by Crippen LogP contribution is -2.52. The van der Waals surface area contributed by atoms with Crippen LogP contribution < -0.4 is 19.5 Å². The average molecular weight is 779 g/mol. The zero-order valence-corrected chi connectivity index (χ0v) is 32.4. The molecule has 0 aromatic heterocycles. The maximum absolute atomic E-state index is 11.9. The van der Waals surface area contributed by atoms with Crippen LogP contribution in [0.25, 0.3) is 16.0 Å². The molecule has 4 N–H and O–H groups in total. The van der Waals surface area contributed by atoms with Crippen molar-refractivity contribution in [3.05, 3.63) is 117 Å². The molecular weight excluding hydrogens is 732 g/mol. The highest BCUT2D eigenvalue weighted by molar-refractivity contribution is 6.32. The number of nitriles is 1. The molecule has 0 spiro atoms. The average Bonchev–Trinajstić information content (AvgIpc) is 3.62. The minimum Gasteiger partial charge on any atom is -0.493 e. The first kappa shape index (κ1) is 40.5. The van der Waals surface area contributed by atoms with E-state index in [1.54, 1.807) is 24.3 Å². The molecule has 1 aliphatic carbocycles. The summed E-state index contributed by atoms with van der Waals surface area (Å²) < 4.78 is 19.2. The molecule has 292 valence electrons. The van der Waals surface area contributed by atoms with Gasteiger partial charge >= 0.3 is 5.97 Å². The first-order valence-corrected chi connectivity index (χ1v) is 19.3. The molecule has 1 heterocycles. The van der Waals surface area contributed by atoms with E-state index < -0.39 is 18.1 Å². The fraction of sp³-hybridized carbons (Fsp3) is 0.386. The van der Waals surface area contributed by atoms with Gasteiger partial charge in [-0.25, -0.2) is 4.85 Å². The fourth-order valence-electron chi connectivity index (χ4n) is 7.30. The quantitative estimate of drug-likeness (QED) is 0.0665. The van der Waals surface area contributed by atoms with Crippen LogP contribution in [0.15, 0.2) is 66.7 Å². The SMILES string of the molecule is [C-]#[N+]c1cc(C#N)cc(COc2cc(O[C@H]3CCc4c(-c5cccc(OCCCN6CCC(O)CC6)c5C)cccc43)c(Cl)cc2CN[C@@](C)(CO)C(=O)O)c1. The van der Waals surface area contributed by atoms with Crippen molar-refractivity contribution < 1.29 is 34.3 Å². The van der Waals surface area contributed by atoms with Gasteiger partial charge in [0.25, 0.3) is 0 Å². The predicted molar refractivity (Wildman–Crippen MR) is 213 cm³/mol. The molecule has 0 bridgehead atoms. The minimum atomic E-state index is -1.61. The molecule has 0 amide bonds. The summed E-state index contributed by atoms with van der Waals surface area (Å²) in [6.07, 6.45) is 3.61. The highest BCUT2D eigenvalue weighted by atomic mass is 35.5. The number of nitrogens with one attached hydrogen (secondary N) is 1. The molecule has 4 aromatic rings. The van der Waals surface area contributed by atoms with Crippen molar-refractivity contribution in [1.82, 2.24) is 10.2 Å². The van der Waals surface area contributed by atoms with Crippen molar-refractivity contribution in [2.24, 2.45) is 0 Å². The Morgan fingerprint density at radius 1 is 1.05 bits per heavy atom. The lowest BCUT2D eigenvalue weighted by atomic mass is 9.93. The Morgan fingerprint density at radius 3 is 2.55 bits per heavy atom. The number of nitrogens with zero attached hydrogens (tertiary/aromatic N) is 3. The summed E-state index contributed by atoms with van der Waals surface area (Å²) in [6.45, 7) is 13.7. The summed E-state index contributed by atoms with van der Waals surface area (Å²) in [5.41, 5.74) is 5.73. The van der Waals surface area contributed by atoms with Gasteiger partial charge in [-0.1, -0.05) is 41.9 Å². The third kappa shape index (κ3) is 9.44. The molecule has 0 saturated carbocycles. The summed E-state index contributed by atoms with van der Waals surface area (Å²) in [5, 5.41) is 42.0. The number of rotatable bonds is 16. The molecule has 12 heteroatoms. The van der Waals surface area contributed by atoms with Crippen LogP contribution in [0.4, 0.5) is 5.69 Å². The van der Waals surface area contributed by atoms with Gasteiger partial charge in [-0.05, 0) is 110 Å². The van der Waals surface area contributed by atoms with Crippen molar-refractivity contribution in [3.8, 4) is 34.4 Å². The largest absolute Gasteiger partial charge is 0.493 e. The van der Waals surface area contributed by atoms with Gasteiger partial charge in [0.15, 0.2) is 5.69 Å². The first-order valence-electron chi connectivity index (χ1n) is 18.9. The fourth-order valence-corrected chi connectivity index (χ4v) is 7.53. The van der Waals surface area contributed by atoms with E-state index in [1.165, 1.54) is 18.6 Å². The summed E-state index contributed by atoms with van der Waals surface area (Å²) in [7, 11) is 0. The molecule has 2 aliphatic rings. The van der Waals surface area contributed by atoms with E-state index in [4.69, 9.17) is 32.4 Å². The van der Waals surface area contributed by atoms with E-state index in [1.807, 2.05) is 18.2 Å². The molecule has 1 saturated heterocycles. The van der Waals surface area contributed by atoms with Crippen LogP contribution >= 0.6 is 11.6 Å². The maximum Gasteiger partial charge on any atom is 0.326 e. The molecule has 2 atom stereocenters. The van der Waals surface area contributed by atoms with Gasteiger partial charge in [-0.2, -0.15) is 5.26 Å². The molecule has 1 aliphatic heterocycles. The number of fused-ring (bicyclic) bond motifs is 1. The van der Waals surface area contributed by atoms with Crippen LogP contribution in [0, 0.1) is 24.8 Å². The molecule has 0 unspecified atom stereocenters. The van der Waals surface area contributed by atoms with Crippen LogP contribution in [0.1, 0.15) is 72.1 Å². The van der Waals surface area contributed by atoms with E-state index in [2.05, 4.69) is 46.3 Å². The number of aliphatic carboxylic acids is 1. The molecule has 1 fully saturated rings. The van der Waals surface area contributed by atoms with Crippen LogP contribution in [-0.4, -0.2) is 70.7 Å². The number of carbonyl (C=O) groups is 1. The van der Waals surface area contributed by atoms with Crippen molar-refractivity contribution in [3.63, 3.8) is 0 Å². The lowest BCUT2D eigenvalue weighted by molar-refractivity contribution is -0.145. The van der Waals surface area contributed by atoms with E-state index in [9.17, 15) is 25.4 Å². The maximum atomic E-state index is 11.9. The van der Waals surface area contributed by atoms with Crippen LogP contribution in [-0.2, 0) is 24.4 Å². The highest BCUT2D eigenvalue weighted by Gasteiger charge is 2.33. The number of carboxylic acid groups (broad SMARTS) is 1. The smallest absolute Gasteiger partial charge is 0.326 e. The van der Waals surface area contributed by atoms with Crippen molar-refractivity contribution in [2.75, 3.05) is 32.8 Å². The lowest BCUT2D eigenvalue weighted by Gasteiger charge is -2.29. The Labute approximate surface area is 332 Å². The highest BCUT2D eigenvalue weighted by Crippen LogP contribution is 2.44. The van der Waals surface area contributed by atoms with Gasteiger partial charge in [0.05, 0.1) is 37.0 Å².